The molecule has 2 aromatic rings. The van der Waals surface area contributed by atoms with Gasteiger partial charge in [0.25, 0.3) is 0 Å². The zero-order valence-electron chi connectivity index (χ0n) is 18.6. The molecule has 0 aromatic heterocycles. The summed E-state index contributed by atoms with van der Waals surface area (Å²) in [5.41, 5.74) is 3.40. The highest BCUT2D eigenvalue weighted by Crippen LogP contribution is 2.39. The summed E-state index contributed by atoms with van der Waals surface area (Å²) in [7, 11) is 0. The van der Waals surface area contributed by atoms with Crippen LogP contribution in [0.25, 0.3) is 0 Å². The molecule has 2 aromatic carbocycles. The molecule has 166 valence electrons. The van der Waals surface area contributed by atoms with Crippen molar-refractivity contribution in [2.45, 2.75) is 64.3 Å². The van der Waals surface area contributed by atoms with Crippen molar-refractivity contribution in [3.63, 3.8) is 0 Å². The number of aliphatic hydroxyl groups is 2. The van der Waals surface area contributed by atoms with E-state index in [1.165, 1.54) is 5.56 Å². The number of unbranched alkanes of at least 4 members (excludes halogenated alkanes) is 2. The Bertz CT molecular complexity index is 842. The lowest BCUT2D eigenvalue weighted by molar-refractivity contribution is 0.140. The Hall–Kier alpha value is -2.36. The quantitative estimate of drug-likeness (QED) is 0.354. The van der Waals surface area contributed by atoms with Crippen LogP contribution in [0.4, 0.5) is 0 Å². The van der Waals surface area contributed by atoms with Gasteiger partial charge >= 0.3 is 0 Å². The molecule has 3 nitrogen and oxygen atoms in total. The number of aliphatic hydroxyl groups excluding tert-OH is 2. The van der Waals surface area contributed by atoms with Crippen LogP contribution in [0.3, 0.4) is 0 Å². The second-order valence-corrected chi connectivity index (χ2v) is 8.69. The van der Waals surface area contributed by atoms with Crippen LogP contribution >= 0.6 is 0 Å². The first-order chi connectivity index (χ1) is 15.1. The molecule has 3 heteroatoms. The normalized spacial score (nSPS) is 22.2. The van der Waals surface area contributed by atoms with E-state index in [9.17, 15) is 10.2 Å². The smallest absolute Gasteiger partial charge is 0.120 e. The van der Waals surface area contributed by atoms with Gasteiger partial charge in [0, 0.05) is 5.92 Å². The summed E-state index contributed by atoms with van der Waals surface area (Å²) in [6.07, 6.45) is 8.52. The highest BCUT2D eigenvalue weighted by Gasteiger charge is 2.36. The lowest BCUT2D eigenvalue weighted by atomic mass is 9.86. The summed E-state index contributed by atoms with van der Waals surface area (Å²) in [5.74, 6) is 1.00. The topological polar surface area (TPSA) is 49.7 Å². The maximum atomic E-state index is 10.6. The molecule has 1 aliphatic rings. The van der Waals surface area contributed by atoms with Crippen LogP contribution in [0.1, 0.15) is 50.2 Å². The van der Waals surface area contributed by atoms with Gasteiger partial charge in [0.15, 0.2) is 0 Å². The predicted molar refractivity (Wildman–Crippen MR) is 127 cm³/mol. The monoisotopic (exact) mass is 420 g/mol. The minimum Gasteiger partial charge on any atom is -0.489 e. The highest BCUT2D eigenvalue weighted by molar-refractivity contribution is 5.31. The zero-order chi connectivity index (χ0) is 22.1. The lowest BCUT2D eigenvalue weighted by Gasteiger charge is -2.20. The van der Waals surface area contributed by atoms with Crippen LogP contribution in [0.5, 0.6) is 5.75 Å². The third-order valence-electron chi connectivity index (χ3n) is 6.17. The molecule has 0 radical (unpaired) electrons. The van der Waals surface area contributed by atoms with Crippen molar-refractivity contribution < 1.29 is 14.9 Å². The van der Waals surface area contributed by atoms with E-state index >= 15 is 0 Å². The third-order valence-corrected chi connectivity index (χ3v) is 6.17. The minimum absolute atomic E-state index is 0.0118. The SMILES string of the molecule is C=C1C[C@@H](O)[C@H](/C=C/[C@@H](O)CCCCC)[C@H]1Cc1cccc(OCc2ccccc2)c1. The largest absolute Gasteiger partial charge is 0.489 e. The first-order valence-corrected chi connectivity index (χ1v) is 11.5. The van der Waals surface area contributed by atoms with Crippen molar-refractivity contribution in [3.05, 3.63) is 90.0 Å². The molecular weight excluding hydrogens is 384 g/mol. The number of rotatable bonds is 11. The molecule has 2 N–H and O–H groups in total. The third kappa shape index (κ3) is 7.09. The Kier molecular flexibility index (Phi) is 8.93. The molecule has 3 rings (SSSR count). The molecule has 1 saturated carbocycles. The molecule has 0 saturated heterocycles. The molecule has 31 heavy (non-hydrogen) atoms. The van der Waals surface area contributed by atoms with Crippen LogP contribution in [0.2, 0.25) is 0 Å². The Morgan fingerprint density at radius 2 is 1.87 bits per heavy atom. The number of hydrogen-bond acceptors (Lipinski definition) is 3. The summed E-state index contributed by atoms with van der Waals surface area (Å²) in [5, 5.41) is 20.8. The van der Waals surface area contributed by atoms with E-state index in [-0.39, 0.29) is 11.8 Å². The Morgan fingerprint density at radius 3 is 2.65 bits per heavy atom. The Morgan fingerprint density at radius 1 is 1.10 bits per heavy atom. The van der Waals surface area contributed by atoms with Gasteiger partial charge in [-0.3, -0.25) is 0 Å². The van der Waals surface area contributed by atoms with Crippen molar-refractivity contribution in [1.82, 2.24) is 0 Å². The van der Waals surface area contributed by atoms with Gasteiger partial charge < -0.3 is 14.9 Å². The fourth-order valence-electron chi connectivity index (χ4n) is 4.35. The van der Waals surface area contributed by atoms with Gasteiger partial charge in [-0.25, -0.2) is 0 Å². The Balaban J connectivity index is 1.62. The molecule has 1 fully saturated rings. The number of ether oxygens (including phenoxy) is 1. The van der Waals surface area contributed by atoms with Gasteiger partial charge in [-0.05, 0) is 48.4 Å². The molecule has 1 aliphatic carbocycles. The average molecular weight is 421 g/mol. The van der Waals surface area contributed by atoms with E-state index in [2.05, 4.69) is 37.8 Å². The van der Waals surface area contributed by atoms with Gasteiger partial charge in [0.1, 0.15) is 12.4 Å². The molecule has 0 unspecified atom stereocenters. The summed E-state index contributed by atoms with van der Waals surface area (Å²) in [6, 6.07) is 18.3. The second kappa shape index (κ2) is 11.9. The van der Waals surface area contributed by atoms with Crippen LogP contribution in [-0.4, -0.2) is 22.4 Å². The molecule has 0 aliphatic heterocycles. The van der Waals surface area contributed by atoms with Gasteiger partial charge in [0.2, 0.25) is 0 Å². The molecule has 0 spiro atoms. The van der Waals surface area contributed by atoms with Crippen molar-refractivity contribution >= 4 is 0 Å². The van der Waals surface area contributed by atoms with Crippen molar-refractivity contribution in [3.8, 4) is 5.75 Å². The fraction of sp³-hybridized carbons (Fsp3) is 0.429. The predicted octanol–water partition coefficient (Wildman–Crippen LogP) is 5.86. The van der Waals surface area contributed by atoms with E-state index in [1.54, 1.807) is 0 Å². The van der Waals surface area contributed by atoms with Gasteiger partial charge in [-0.2, -0.15) is 0 Å². The minimum atomic E-state index is -0.442. The highest BCUT2D eigenvalue weighted by atomic mass is 16.5. The summed E-state index contributed by atoms with van der Waals surface area (Å²) in [4.78, 5) is 0. The molecule has 4 atom stereocenters. The van der Waals surface area contributed by atoms with Crippen LogP contribution in [0.15, 0.2) is 78.9 Å². The summed E-state index contributed by atoms with van der Waals surface area (Å²) < 4.78 is 5.98. The second-order valence-electron chi connectivity index (χ2n) is 8.69. The van der Waals surface area contributed by atoms with E-state index in [0.29, 0.717) is 13.0 Å². The van der Waals surface area contributed by atoms with Crippen LogP contribution in [-0.2, 0) is 13.0 Å². The maximum Gasteiger partial charge on any atom is 0.120 e. The van der Waals surface area contributed by atoms with E-state index in [0.717, 1.165) is 49.0 Å². The lowest BCUT2D eigenvalue weighted by Crippen LogP contribution is -2.19. The summed E-state index contributed by atoms with van der Waals surface area (Å²) >= 11 is 0. The van der Waals surface area contributed by atoms with Crippen LogP contribution < -0.4 is 4.74 Å². The number of benzene rings is 2. The molecule has 0 amide bonds. The van der Waals surface area contributed by atoms with Crippen LogP contribution in [0, 0.1) is 11.8 Å². The summed E-state index contributed by atoms with van der Waals surface area (Å²) in [6.45, 7) is 6.93. The average Bonchev–Trinajstić information content (AvgIpc) is 3.04. The van der Waals surface area contributed by atoms with E-state index < -0.39 is 12.2 Å². The first kappa shape index (κ1) is 23.3. The van der Waals surface area contributed by atoms with Gasteiger partial charge in [0.05, 0.1) is 12.2 Å². The fourth-order valence-corrected chi connectivity index (χ4v) is 4.35. The maximum absolute atomic E-state index is 10.6. The van der Waals surface area contributed by atoms with Crippen molar-refractivity contribution in [2.75, 3.05) is 0 Å². The van der Waals surface area contributed by atoms with Gasteiger partial charge in [-0.15, -0.1) is 0 Å². The molecule has 0 bridgehead atoms. The molecule has 0 heterocycles. The first-order valence-electron chi connectivity index (χ1n) is 11.5. The van der Waals surface area contributed by atoms with Crippen molar-refractivity contribution in [1.29, 1.82) is 0 Å². The van der Waals surface area contributed by atoms with E-state index in [4.69, 9.17) is 4.74 Å². The van der Waals surface area contributed by atoms with E-state index in [1.807, 2.05) is 42.5 Å². The molecular formula is C28H36O3. The van der Waals surface area contributed by atoms with Crippen molar-refractivity contribution in [2.24, 2.45) is 11.8 Å². The standard InChI is InChI=1S/C28H36O3/c1-3-4-6-13-24(29)15-16-26-27(21(2)17-28(26)30)19-23-12-9-14-25(18-23)31-20-22-10-7-5-8-11-22/h5,7-12,14-16,18,24,26-30H,2-4,6,13,17,19-20H2,1H3/b16-15+/t24-,26+,27-,28+/m0/s1. The van der Waals surface area contributed by atoms with Gasteiger partial charge in [-0.1, -0.05) is 93.0 Å². The number of hydrogen-bond donors (Lipinski definition) is 2. The Labute approximate surface area is 187 Å². The zero-order valence-corrected chi connectivity index (χ0v) is 18.6.